The molecule has 172 valence electrons. The van der Waals surface area contributed by atoms with Gasteiger partial charge in [0.1, 0.15) is 11.5 Å². The minimum absolute atomic E-state index is 0.0372. The number of nitrogens with zero attached hydrogens (tertiary/aromatic N) is 4. The second kappa shape index (κ2) is 8.56. The van der Waals surface area contributed by atoms with Gasteiger partial charge in [0.2, 0.25) is 5.76 Å². The fraction of sp³-hybridized carbons (Fsp3) is 0.130. The molecule has 5 rings (SSSR count). The number of hydrogen-bond acceptors (Lipinski definition) is 7. The molecule has 0 N–H and O–H groups in total. The van der Waals surface area contributed by atoms with Crippen LogP contribution in [-0.2, 0) is 17.8 Å². The van der Waals surface area contributed by atoms with Crippen LogP contribution >= 0.6 is 11.6 Å². The summed E-state index contributed by atoms with van der Waals surface area (Å²) in [6.07, 6.45) is 2.91. The Morgan fingerprint density at radius 3 is 2.56 bits per heavy atom. The zero-order valence-corrected chi connectivity index (χ0v) is 18.6. The Hall–Kier alpha value is -4.31. The quantitative estimate of drug-likeness (QED) is 0.343. The summed E-state index contributed by atoms with van der Waals surface area (Å²) in [5, 5.41) is 0.502. The van der Waals surface area contributed by atoms with Crippen LogP contribution in [0.3, 0.4) is 0 Å². The average molecular weight is 481 g/mol. The number of rotatable bonds is 6. The molecule has 0 aliphatic rings. The number of halogens is 1. The summed E-state index contributed by atoms with van der Waals surface area (Å²) in [7, 11) is 1.26. The fourth-order valence-corrected chi connectivity index (χ4v) is 3.79. The third-order valence-corrected chi connectivity index (χ3v) is 5.51. The van der Waals surface area contributed by atoms with Crippen LogP contribution in [0.15, 0.2) is 79.5 Å². The summed E-state index contributed by atoms with van der Waals surface area (Å²) in [5.74, 6) is 0.274. The summed E-state index contributed by atoms with van der Waals surface area (Å²) in [6, 6.07) is 13.1. The van der Waals surface area contributed by atoms with Gasteiger partial charge in [0.15, 0.2) is 11.2 Å². The molecule has 0 unspecified atom stereocenters. The zero-order valence-electron chi connectivity index (χ0n) is 17.8. The maximum Gasteiger partial charge on any atom is 0.373 e. The highest BCUT2D eigenvalue weighted by atomic mass is 35.5. The molecular weight excluding hydrogens is 464 g/mol. The molecule has 0 saturated heterocycles. The number of carbonyl (C=O) groups is 1. The highest BCUT2D eigenvalue weighted by molar-refractivity contribution is 6.30. The Bertz CT molecular complexity index is 1610. The number of esters is 1. The van der Waals surface area contributed by atoms with Crippen molar-refractivity contribution in [3.8, 4) is 5.69 Å². The zero-order chi connectivity index (χ0) is 23.8. The van der Waals surface area contributed by atoms with Crippen LogP contribution in [0.25, 0.3) is 16.9 Å². The van der Waals surface area contributed by atoms with Crippen LogP contribution < -0.4 is 11.2 Å². The second-order valence-electron chi connectivity index (χ2n) is 7.37. The van der Waals surface area contributed by atoms with Crippen LogP contribution in [0.2, 0.25) is 5.02 Å². The van der Waals surface area contributed by atoms with E-state index in [1.54, 1.807) is 47.0 Å². The molecule has 0 amide bonds. The Morgan fingerprint density at radius 2 is 1.85 bits per heavy atom. The van der Waals surface area contributed by atoms with Gasteiger partial charge in [0.05, 0.1) is 38.5 Å². The normalized spacial score (nSPS) is 11.2. The smallest absolute Gasteiger partial charge is 0.373 e. The number of benzene rings is 1. The van der Waals surface area contributed by atoms with Gasteiger partial charge in [-0.05, 0) is 48.5 Å². The van der Waals surface area contributed by atoms with Gasteiger partial charge >= 0.3 is 11.7 Å². The maximum atomic E-state index is 13.5. The molecule has 34 heavy (non-hydrogen) atoms. The Labute approximate surface area is 196 Å². The molecule has 0 radical (unpaired) electrons. The van der Waals surface area contributed by atoms with Crippen molar-refractivity contribution in [1.29, 1.82) is 0 Å². The lowest BCUT2D eigenvalue weighted by Crippen LogP contribution is -2.40. The van der Waals surface area contributed by atoms with Crippen molar-refractivity contribution in [1.82, 2.24) is 18.7 Å². The standard InChI is InChI=1S/C23H17ClN4O6/c1-32-22(30)18-9-8-17(34-18)11-26-13-25-20-19(26)21(29)27(12-16-3-2-10-33-16)23(31)28(20)15-6-4-14(24)5-7-15/h2-10,13H,11-12H2,1H3. The number of hydrogen-bond donors (Lipinski definition) is 0. The molecule has 0 bridgehead atoms. The van der Waals surface area contributed by atoms with Gasteiger partial charge < -0.3 is 18.1 Å². The molecule has 0 atom stereocenters. The van der Waals surface area contributed by atoms with Gasteiger partial charge in [-0.15, -0.1) is 0 Å². The maximum absolute atomic E-state index is 13.5. The molecule has 0 aliphatic carbocycles. The highest BCUT2D eigenvalue weighted by Crippen LogP contribution is 2.18. The SMILES string of the molecule is COC(=O)c1ccc(Cn2cnc3c2c(=O)n(Cc2ccco2)c(=O)n3-c2ccc(Cl)cc2)o1. The molecule has 5 aromatic rings. The van der Waals surface area contributed by atoms with Crippen molar-refractivity contribution in [2.24, 2.45) is 0 Å². The van der Waals surface area contributed by atoms with Gasteiger partial charge in [0.25, 0.3) is 5.56 Å². The van der Waals surface area contributed by atoms with Gasteiger partial charge in [-0.2, -0.15) is 0 Å². The number of methoxy groups -OCH3 is 1. The van der Waals surface area contributed by atoms with Gasteiger partial charge in [-0.1, -0.05) is 11.6 Å². The fourth-order valence-electron chi connectivity index (χ4n) is 3.66. The van der Waals surface area contributed by atoms with Crippen LogP contribution in [0, 0.1) is 0 Å². The Balaban J connectivity index is 1.70. The first kappa shape index (κ1) is 21.5. The number of furan rings is 2. The minimum Gasteiger partial charge on any atom is -0.467 e. The molecule has 0 aliphatic heterocycles. The Morgan fingerprint density at radius 1 is 1.06 bits per heavy atom. The van der Waals surface area contributed by atoms with E-state index in [0.29, 0.717) is 22.2 Å². The third kappa shape index (κ3) is 3.73. The monoisotopic (exact) mass is 480 g/mol. The number of imidazole rings is 1. The van der Waals surface area contributed by atoms with Gasteiger partial charge in [-0.25, -0.2) is 19.1 Å². The molecule has 4 heterocycles. The predicted molar refractivity (Wildman–Crippen MR) is 122 cm³/mol. The molecule has 4 aromatic heterocycles. The van der Waals surface area contributed by atoms with E-state index in [1.165, 1.54) is 30.3 Å². The lowest BCUT2D eigenvalue weighted by atomic mass is 10.3. The molecule has 0 fully saturated rings. The van der Waals surface area contributed by atoms with E-state index in [-0.39, 0.29) is 30.0 Å². The minimum atomic E-state index is -0.612. The van der Waals surface area contributed by atoms with Crippen molar-refractivity contribution in [2.75, 3.05) is 7.11 Å². The number of carbonyl (C=O) groups excluding carboxylic acids is 1. The van der Waals surface area contributed by atoms with Crippen molar-refractivity contribution in [2.45, 2.75) is 13.1 Å². The summed E-state index contributed by atoms with van der Waals surface area (Å²) in [4.78, 5) is 43.0. The molecule has 10 nitrogen and oxygen atoms in total. The van der Waals surface area contributed by atoms with Crippen molar-refractivity contribution in [3.05, 3.63) is 104 Å². The predicted octanol–water partition coefficient (Wildman–Crippen LogP) is 3.07. The third-order valence-electron chi connectivity index (χ3n) is 5.25. The molecule has 0 spiro atoms. The number of aromatic nitrogens is 4. The second-order valence-corrected chi connectivity index (χ2v) is 7.80. The van der Waals surface area contributed by atoms with Crippen LogP contribution in [-0.4, -0.2) is 31.8 Å². The van der Waals surface area contributed by atoms with Gasteiger partial charge in [-0.3, -0.25) is 9.36 Å². The van der Waals surface area contributed by atoms with E-state index < -0.39 is 17.2 Å². The van der Waals surface area contributed by atoms with Crippen LogP contribution in [0.4, 0.5) is 0 Å². The van der Waals surface area contributed by atoms with E-state index in [0.717, 1.165) is 4.57 Å². The summed E-state index contributed by atoms with van der Waals surface area (Å²) in [6.45, 7) is 0.0366. The van der Waals surface area contributed by atoms with Crippen LogP contribution in [0.1, 0.15) is 22.1 Å². The van der Waals surface area contributed by atoms with E-state index >= 15 is 0 Å². The van der Waals surface area contributed by atoms with Gasteiger partial charge in [0, 0.05) is 5.02 Å². The summed E-state index contributed by atoms with van der Waals surface area (Å²) in [5.41, 5.74) is -0.278. The first-order valence-electron chi connectivity index (χ1n) is 10.1. The molecular formula is C23H17ClN4O6. The van der Waals surface area contributed by atoms with Crippen LogP contribution in [0.5, 0.6) is 0 Å². The average Bonchev–Trinajstić information content (AvgIpc) is 3.59. The van der Waals surface area contributed by atoms with Crippen molar-refractivity contribution in [3.63, 3.8) is 0 Å². The lowest BCUT2D eigenvalue weighted by molar-refractivity contribution is 0.0563. The summed E-state index contributed by atoms with van der Waals surface area (Å²) < 4.78 is 19.5. The van der Waals surface area contributed by atoms with Crippen molar-refractivity contribution < 1.29 is 18.4 Å². The first-order chi connectivity index (χ1) is 16.5. The van der Waals surface area contributed by atoms with E-state index in [2.05, 4.69) is 9.72 Å². The Kier molecular flexibility index (Phi) is 5.42. The first-order valence-corrected chi connectivity index (χ1v) is 10.5. The molecule has 0 saturated carbocycles. The van der Waals surface area contributed by atoms with E-state index in [4.69, 9.17) is 20.4 Å². The largest absolute Gasteiger partial charge is 0.467 e. The topological polar surface area (TPSA) is 114 Å². The van der Waals surface area contributed by atoms with E-state index in [9.17, 15) is 14.4 Å². The lowest BCUT2D eigenvalue weighted by Gasteiger charge is -2.12. The van der Waals surface area contributed by atoms with E-state index in [1.807, 2.05) is 0 Å². The van der Waals surface area contributed by atoms with Crippen molar-refractivity contribution >= 4 is 28.7 Å². The number of fused-ring (bicyclic) bond motifs is 1. The molecule has 11 heteroatoms. The number of ether oxygens (including phenoxy) is 1. The highest BCUT2D eigenvalue weighted by Gasteiger charge is 2.21. The summed E-state index contributed by atoms with van der Waals surface area (Å²) >= 11 is 6.02. The molecule has 1 aromatic carbocycles.